The molecule has 0 radical (unpaired) electrons. The Morgan fingerprint density at radius 1 is 0.274 bits per heavy atom. The molecule has 12 aromatic rings. The smallest absolute Gasteiger partial charge is 0.166 e. The van der Waals surface area contributed by atoms with Crippen LogP contribution in [0.2, 0.25) is 0 Å². The quantitative estimate of drug-likeness (QED) is 0.162. The van der Waals surface area contributed by atoms with Crippen molar-refractivity contribution in [3.05, 3.63) is 224 Å². The third-order valence-electron chi connectivity index (χ3n) is 12.0. The zero-order valence-electron chi connectivity index (χ0n) is 33.6. The van der Waals surface area contributed by atoms with E-state index in [0.29, 0.717) is 17.5 Å². The molecule has 5 heteroatoms. The first-order chi connectivity index (χ1) is 30.8. The minimum atomic E-state index is 0.609. The fourth-order valence-corrected chi connectivity index (χ4v) is 9.18. The molecular formula is C57H37N5. The minimum absolute atomic E-state index is 0.609. The second kappa shape index (κ2) is 14.7. The highest BCUT2D eigenvalue weighted by atomic mass is 15.1. The van der Waals surface area contributed by atoms with Gasteiger partial charge < -0.3 is 9.13 Å². The lowest BCUT2D eigenvalue weighted by Crippen LogP contribution is -2.03. The van der Waals surface area contributed by atoms with Gasteiger partial charge in [0.25, 0.3) is 0 Å². The van der Waals surface area contributed by atoms with Gasteiger partial charge in [0, 0.05) is 43.9 Å². The average Bonchev–Trinajstić information content (AvgIpc) is 3.87. The van der Waals surface area contributed by atoms with E-state index in [0.717, 1.165) is 61.3 Å². The van der Waals surface area contributed by atoms with Crippen LogP contribution in [0.5, 0.6) is 0 Å². The molecule has 62 heavy (non-hydrogen) atoms. The summed E-state index contributed by atoms with van der Waals surface area (Å²) < 4.78 is 4.72. The number of rotatable bonds is 7. The standard InChI is InChI=1S/C57H37N5/c1-4-18-38(19-5-1)40-34-35-52-48(37-40)54-44(29-17-33-53(54)61(52)43-24-8-3-9-25-43)41-22-16-23-42(36-41)56-58-55(39-20-6-2-7-21-39)59-57(60-56)47-28-12-15-32-51(47)62-49-30-13-10-26-45(49)46-27-11-14-31-50(46)62/h1-37H. The summed E-state index contributed by atoms with van der Waals surface area (Å²) >= 11 is 0. The predicted octanol–water partition coefficient (Wildman–Crippen LogP) is 14.4. The fraction of sp³-hybridized carbons (Fsp3) is 0. The summed E-state index contributed by atoms with van der Waals surface area (Å²) in [4.78, 5) is 15.7. The van der Waals surface area contributed by atoms with E-state index in [4.69, 9.17) is 15.0 Å². The van der Waals surface area contributed by atoms with Gasteiger partial charge in [-0.05, 0) is 82.9 Å². The number of aromatic nitrogens is 5. The molecule has 5 nitrogen and oxygen atoms in total. The predicted molar refractivity (Wildman–Crippen MR) is 256 cm³/mol. The van der Waals surface area contributed by atoms with Crippen molar-refractivity contribution >= 4 is 43.6 Å². The van der Waals surface area contributed by atoms with Gasteiger partial charge in [0.1, 0.15) is 0 Å². The Balaban J connectivity index is 1.06. The summed E-state index contributed by atoms with van der Waals surface area (Å²) in [7, 11) is 0. The van der Waals surface area contributed by atoms with Crippen molar-refractivity contribution < 1.29 is 0 Å². The summed E-state index contributed by atoms with van der Waals surface area (Å²) in [5, 5.41) is 4.80. The Morgan fingerprint density at radius 2 is 0.790 bits per heavy atom. The Bertz CT molecular complexity index is 3570. The topological polar surface area (TPSA) is 48.5 Å². The lowest BCUT2D eigenvalue weighted by Gasteiger charge is -2.15. The van der Waals surface area contributed by atoms with Gasteiger partial charge in [0.2, 0.25) is 0 Å². The molecule has 0 N–H and O–H groups in total. The molecule has 0 atom stereocenters. The lowest BCUT2D eigenvalue weighted by atomic mass is 9.96. The van der Waals surface area contributed by atoms with Crippen molar-refractivity contribution in [3.8, 4) is 67.8 Å². The average molecular weight is 792 g/mol. The molecule has 0 aliphatic heterocycles. The van der Waals surface area contributed by atoms with Crippen LogP contribution in [0.1, 0.15) is 0 Å². The Morgan fingerprint density at radius 3 is 1.53 bits per heavy atom. The summed E-state index contributed by atoms with van der Waals surface area (Å²) in [6, 6.07) is 79.2. The highest BCUT2D eigenvalue weighted by Crippen LogP contribution is 2.41. The van der Waals surface area contributed by atoms with E-state index in [1.165, 1.54) is 32.7 Å². The molecule has 0 aliphatic rings. The van der Waals surface area contributed by atoms with Crippen molar-refractivity contribution in [3.63, 3.8) is 0 Å². The first kappa shape index (κ1) is 35.5. The maximum atomic E-state index is 5.33. The van der Waals surface area contributed by atoms with Crippen molar-refractivity contribution in [2.45, 2.75) is 0 Å². The van der Waals surface area contributed by atoms with Crippen LogP contribution in [0, 0.1) is 0 Å². The van der Waals surface area contributed by atoms with Crippen LogP contribution < -0.4 is 0 Å². The summed E-state index contributed by atoms with van der Waals surface area (Å²) in [6.07, 6.45) is 0. The van der Waals surface area contributed by atoms with Gasteiger partial charge in [-0.25, -0.2) is 15.0 Å². The zero-order valence-corrected chi connectivity index (χ0v) is 33.6. The molecule has 0 unspecified atom stereocenters. The molecule has 3 aromatic heterocycles. The summed E-state index contributed by atoms with van der Waals surface area (Å²) in [5.74, 6) is 1.84. The van der Waals surface area contributed by atoms with Gasteiger partial charge in [-0.2, -0.15) is 0 Å². The SMILES string of the molecule is c1ccc(-c2ccc3c(c2)c2c(-c4cccc(-c5nc(-c6ccccc6)nc(-c6ccccc6-n6c7ccccc7c7ccccc76)n5)c4)cccc2n3-c2ccccc2)cc1. The highest BCUT2D eigenvalue weighted by molar-refractivity contribution is 6.17. The van der Waals surface area contributed by atoms with E-state index in [-0.39, 0.29) is 0 Å². The number of nitrogens with zero attached hydrogens (tertiary/aromatic N) is 5. The molecule has 0 fully saturated rings. The van der Waals surface area contributed by atoms with E-state index in [9.17, 15) is 0 Å². The lowest BCUT2D eigenvalue weighted by molar-refractivity contribution is 1.06. The van der Waals surface area contributed by atoms with Crippen LogP contribution in [0.15, 0.2) is 224 Å². The van der Waals surface area contributed by atoms with Crippen LogP contribution in [0.3, 0.4) is 0 Å². The maximum absolute atomic E-state index is 5.33. The Labute approximate surface area is 358 Å². The van der Waals surface area contributed by atoms with E-state index in [2.05, 4.69) is 215 Å². The van der Waals surface area contributed by atoms with Crippen molar-refractivity contribution in [2.75, 3.05) is 0 Å². The van der Waals surface area contributed by atoms with Crippen LogP contribution >= 0.6 is 0 Å². The molecule has 0 saturated carbocycles. The molecular weight excluding hydrogens is 755 g/mol. The second-order valence-electron chi connectivity index (χ2n) is 15.6. The maximum Gasteiger partial charge on any atom is 0.166 e. The molecule has 12 rings (SSSR count). The molecule has 9 aromatic carbocycles. The van der Waals surface area contributed by atoms with Gasteiger partial charge in [0.15, 0.2) is 17.5 Å². The first-order valence-corrected chi connectivity index (χ1v) is 21.0. The fourth-order valence-electron chi connectivity index (χ4n) is 9.18. The van der Waals surface area contributed by atoms with Gasteiger partial charge in [-0.3, -0.25) is 0 Å². The molecule has 3 heterocycles. The summed E-state index contributed by atoms with van der Waals surface area (Å²) in [6.45, 7) is 0. The van der Waals surface area contributed by atoms with E-state index in [1.807, 2.05) is 18.2 Å². The van der Waals surface area contributed by atoms with E-state index < -0.39 is 0 Å². The van der Waals surface area contributed by atoms with Crippen LogP contribution in [0.25, 0.3) is 111 Å². The van der Waals surface area contributed by atoms with Gasteiger partial charge in [-0.1, -0.05) is 164 Å². The number of hydrogen-bond donors (Lipinski definition) is 0. The number of benzene rings is 9. The molecule has 290 valence electrons. The Kier molecular flexibility index (Phi) is 8.42. The zero-order chi connectivity index (χ0) is 41.0. The van der Waals surface area contributed by atoms with Gasteiger partial charge in [0.05, 0.1) is 27.8 Å². The van der Waals surface area contributed by atoms with Crippen LogP contribution in [-0.4, -0.2) is 24.1 Å². The third-order valence-corrected chi connectivity index (χ3v) is 12.0. The monoisotopic (exact) mass is 791 g/mol. The molecule has 0 amide bonds. The van der Waals surface area contributed by atoms with E-state index in [1.54, 1.807) is 0 Å². The number of fused-ring (bicyclic) bond motifs is 6. The number of para-hydroxylation sites is 4. The highest BCUT2D eigenvalue weighted by Gasteiger charge is 2.21. The van der Waals surface area contributed by atoms with Gasteiger partial charge in [-0.15, -0.1) is 0 Å². The van der Waals surface area contributed by atoms with Crippen molar-refractivity contribution in [1.82, 2.24) is 24.1 Å². The molecule has 0 aliphatic carbocycles. The Hall–Kier alpha value is -8.41. The van der Waals surface area contributed by atoms with Crippen LogP contribution in [0.4, 0.5) is 0 Å². The molecule has 0 saturated heterocycles. The van der Waals surface area contributed by atoms with Crippen LogP contribution in [-0.2, 0) is 0 Å². The largest absolute Gasteiger partial charge is 0.309 e. The number of hydrogen-bond acceptors (Lipinski definition) is 3. The second-order valence-corrected chi connectivity index (χ2v) is 15.6. The summed E-state index contributed by atoms with van der Waals surface area (Å²) in [5.41, 5.74) is 14.0. The molecule has 0 bridgehead atoms. The van der Waals surface area contributed by atoms with Gasteiger partial charge >= 0.3 is 0 Å². The van der Waals surface area contributed by atoms with Crippen molar-refractivity contribution in [1.29, 1.82) is 0 Å². The normalized spacial score (nSPS) is 11.5. The third kappa shape index (κ3) is 5.90. The van der Waals surface area contributed by atoms with E-state index >= 15 is 0 Å². The minimum Gasteiger partial charge on any atom is -0.309 e. The molecule has 0 spiro atoms. The van der Waals surface area contributed by atoms with Crippen molar-refractivity contribution in [2.24, 2.45) is 0 Å². The first-order valence-electron chi connectivity index (χ1n) is 21.0.